The summed E-state index contributed by atoms with van der Waals surface area (Å²) in [4.78, 5) is 35.2. The van der Waals surface area contributed by atoms with Crippen molar-refractivity contribution in [3.05, 3.63) is 99.0 Å². The Bertz CT molecular complexity index is 1630. The molecule has 49 heavy (non-hydrogen) atoms. The number of nitrogens with zero attached hydrogens (tertiary/aromatic N) is 3. The second-order valence-electron chi connectivity index (χ2n) is 11.7. The highest BCUT2D eigenvalue weighted by molar-refractivity contribution is 6.30. The molecule has 2 N–H and O–H groups in total. The molecule has 2 atom stereocenters. The van der Waals surface area contributed by atoms with Crippen LogP contribution in [0.25, 0.3) is 0 Å². The predicted molar refractivity (Wildman–Crippen MR) is 182 cm³/mol. The first-order valence-electron chi connectivity index (χ1n) is 16.0. The van der Waals surface area contributed by atoms with Crippen molar-refractivity contribution in [1.29, 1.82) is 0 Å². The Balaban J connectivity index is 1.50. The zero-order valence-electron chi connectivity index (χ0n) is 27.1. The number of urea groups is 1. The van der Waals surface area contributed by atoms with Crippen LogP contribution in [0.2, 0.25) is 10.0 Å². The fourth-order valence-corrected chi connectivity index (χ4v) is 6.28. The van der Waals surface area contributed by atoms with Crippen LogP contribution in [-0.4, -0.2) is 80.1 Å². The van der Waals surface area contributed by atoms with Crippen molar-refractivity contribution in [3.8, 4) is 5.75 Å². The summed E-state index contributed by atoms with van der Waals surface area (Å²) in [6.45, 7) is 3.52. The Hall–Kier alpha value is -3.84. The van der Waals surface area contributed by atoms with E-state index in [1.165, 1.54) is 6.07 Å². The molecule has 5 rings (SSSR count). The number of carbonyl (C=O) groups is 2. The molecule has 0 saturated carbocycles. The number of likely N-dealkylation sites (tertiary alicyclic amines) is 1. The molecule has 262 valence electrons. The van der Waals surface area contributed by atoms with Gasteiger partial charge < -0.3 is 25.0 Å². The Morgan fingerprint density at radius 3 is 2.18 bits per heavy atom. The van der Waals surface area contributed by atoms with Crippen molar-refractivity contribution < 1.29 is 32.2 Å². The lowest BCUT2D eigenvalue weighted by atomic mass is 9.93. The molecule has 1 saturated heterocycles. The highest BCUT2D eigenvalue weighted by atomic mass is 35.5. The van der Waals surface area contributed by atoms with E-state index in [9.17, 15) is 22.8 Å². The van der Waals surface area contributed by atoms with Crippen LogP contribution in [-0.2, 0) is 15.7 Å². The molecule has 9 nitrogen and oxygen atoms in total. The molecule has 2 aliphatic rings. The van der Waals surface area contributed by atoms with Crippen molar-refractivity contribution >= 4 is 41.0 Å². The van der Waals surface area contributed by atoms with Crippen LogP contribution in [0.15, 0.2) is 71.7 Å². The van der Waals surface area contributed by atoms with Crippen molar-refractivity contribution in [3.63, 3.8) is 0 Å². The number of piperidine rings is 1. The van der Waals surface area contributed by atoms with Crippen molar-refractivity contribution in [2.24, 2.45) is 4.99 Å². The number of hydrogen-bond donors (Lipinski definition) is 2. The van der Waals surface area contributed by atoms with Crippen LogP contribution in [0.4, 0.5) is 18.0 Å². The average molecular weight is 721 g/mol. The molecule has 0 aromatic heterocycles. The summed E-state index contributed by atoms with van der Waals surface area (Å²) in [5.74, 6) is 0.0105. The Morgan fingerprint density at radius 2 is 1.59 bits per heavy atom. The van der Waals surface area contributed by atoms with Gasteiger partial charge in [-0.05, 0) is 73.4 Å². The number of ether oxygens (including phenoxy) is 2. The third kappa shape index (κ3) is 8.85. The third-order valence-corrected chi connectivity index (χ3v) is 8.99. The number of methoxy groups -OCH3 is 1. The molecule has 2 heterocycles. The summed E-state index contributed by atoms with van der Waals surface area (Å²) in [6.07, 6.45) is -3.42. The molecule has 0 spiro atoms. The quantitative estimate of drug-likeness (QED) is 0.211. The van der Waals surface area contributed by atoms with Crippen LogP contribution < -0.4 is 15.4 Å². The number of alkyl halides is 3. The summed E-state index contributed by atoms with van der Waals surface area (Å²) in [5, 5.41) is 7.07. The maximum Gasteiger partial charge on any atom is 0.416 e. The Labute approximate surface area is 293 Å². The second kappa shape index (κ2) is 16.2. The molecular formula is C35H38Cl2F3N5O4. The lowest BCUT2D eigenvalue weighted by Gasteiger charge is -2.38. The number of aliphatic imine (C=N–C) groups is 1. The van der Waals surface area contributed by atoms with Gasteiger partial charge in [0.15, 0.2) is 0 Å². The van der Waals surface area contributed by atoms with Gasteiger partial charge in [-0.15, -0.1) is 0 Å². The van der Waals surface area contributed by atoms with Gasteiger partial charge in [0, 0.05) is 42.8 Å². The lowest BCUT2D eigenvalue weighted by Crippen LogP contribution is -2.52. The number of rotatable bonds is 11. The maximum absolute atomic E-state index is 14.7. The molecule has 3 amide bonds. The number of carbonyl (C=O) groups excluding carboxylic acids is 2. The van der Waals surface area contributed by atoms with Gasteiger partial charge in [0.05, 0.1) is 36.9 Å². The molecular weight excluding hydrogens is 682 g/mol. The van der Waals surface area contributed by atoms with Gasteiger partial charge in [-0.2, -0.15) is 13.2 Å². The highest BCUT2D eigenvalue weighted by Crippen LogP contribution is 2.46. The summed E-state index contributed by atoms with van der Waals surface area (Å²) in [6, 6.07) is 15.8. The first-order valence-corrected chi connectivity index (χ1v) is 16.8. The monoisotopic (exact) mass is 719 g/mol. The van der Waals surface area contributed by atoms with Crippen LogP contribution in [0.1, 0.15) is 54.1 Å². The van der Waals surface area contributed by atoms with E-state index in [1.54, 1.807) is 48.1 Å². The van der Waals surface area contributed by atoms with E-state index in [0.29, 0.717) is 49.1 Å². The van der Waals surface area contributed by atoms with E-state index in [4.69, 9.17) is 37.7 Å². The SMILES string of the molecule is CCOc1cc(C(F)(F)F)ccc1C1=NC(c2ccc(Cl)cc2)C(c2ccc(Cl)cc2)N1C(=O)N1CCC(NCC(=O)NCCOC)CC1. The van der Waals surface area contributed by atoms with E-state index in [2.05, 4.69) is 10.6 Å². The summed E-state index contributed by atoms with van der Waals surface area (Å²) in [7, 11) is 1.56. The molecule has 14 heteroatoms. The van der Waals surface area contributed by atoms with Crippen molar-refractivity contribution in [2.75, 3.05) is 46.5 Å². The van der Waals surface area contributed by atoms with Gasteiger partial charge in [-0.3, -0.25) is 14.7 Å². The molecule has 1 fully saturated rings. The molecule has 0 bridgehead atoms. The summed E-state index contributed by atoms with van der Waals surface area (Å²) < 4.78 is 52.1. The zero-order valence-corrected chi connectivity index (χ0v) is 28.6. The minimum atomic E-state index is -4.60. The second-order valence-corrected chi connectivity index (χ2v) is 12.6. The number of amides is 3. The maximum atomic E-state index is 14.7. The molecule has 2 aliphatic heterocycles. The fourth-order valence-electron chi connectivity index (χ4n) is 6.03. The van der Waals surface area contributed by atoms with Gasteiger partial charge in [-0.25, -0.2) is 4.79 Å². The summed E-state index contributed by atoms with van der Waals surface area (Å²) >= 11 is 12.5. The van der Waals surface area contributed by atoms with Gasteiger partial charge in [0.25, 0.3) is 0 Å². The standard InChI is InChI=1S/C35H38Cl2F3N5O4/c1-3-49-29-20-24(35(38,39)40)8-13-28(29)33-43-31(22-4-9-25(36)10-5-22)32(23-6-11-26(37)12-7-23)45(33)34(47)44-17-14-27(15-18-44)42-21-30(46)41-16-19-48-2/h4-13,20,27,31-32,42H,3,14-19,21H2,1-2H3,(H,41,46). The third-order valence-electron chi connectivity index (χ3n) is 8.49. The Kier molecular flexibility index (Phi) is 12.1. The normalized spacial score (nSPS) is 18.4. The molecule has 3 aromatic carbocycles. The molecule has 2 unspecified atom stereocenters. The predicted octanol–water partition coefficient (Wildman–Crippen LogP) is 6.89. The number of nitrogens with one attached hydrogen (secondary N) is 2. The van der Waals surface area contributed by atoms with Crippen LogP contribution in [0.3, 0.4) is 0 Å². The minimum Gasteiger partial charge on any atom is -0.493 e. The van der Waals surface area contributed by atoms with E-state index in [0.717, 1.165) is 23.3 Å². The summed E-state index contributed by atoms with van der Waals surface area (Å²) in [5.41, 5.74) is 0.877. The van der Waals surface area contributed by atoms with E-state index in [1.807, 2.05) is 24.3 Å². The molecule has 3 aromatic rings. The number of benzene rings is 3. The molecule has 0 radical (unpaired) electrons. The topological polar surface area (TPSA) is 95.5 Å². The van der Waals surface area contributed by atoms with Crippen LogP contribution in [0.5, 0.6) is 5.75 Å². The van der Waals surface area contributed by atoms with Gasteiger partial charge >= 0.3 is 12.2 Å². The van der Waals surface area contributed by atoms with Gasteiger partial charge in [0.2, 0.25) is 5.91 Å². The first kappa shape index (κ1) is 36.4. The average Bonchev–Trinajstić information content (AvgIpc) is 3.48. The lowest BCUT2D eigenvalue weighted by molar-refractivity contribution is -0.137. The number of hydrogen-bond acceptors (Lipinski definition) is 6. The van der Waals surface area contributed by atoms with Crippen molar-refractivity contribution in [1.82, 2.24) is 20.4 Å². The molecule has 0 aliphatic carbocycles. The highest BCUT2D eigenvalue weighted by Gasteiger charge is 2.45. The van der Waals surface area contributed by atoms with E-state index in [-0.39, 0.29) is 48.3 Å². The number of halogens is 5. The van der Waals surface area contributed by atoms with Crippen LogP contribution in [0, 0.1) is 0 Å². The smallest absolute Gasteiger partial charge is 0.416 e. The minimum absolute atomic E-state index is 0.0114. The fraction of sp³-hybridized carbons (Fsp3) is 0.400. The van der Waals surface area contributed by atoms with Crippen LogP contribution >= 0.6 is 23.2 Å². The van der Waals surface area contributed by atoms with Gasteiger partial charge in [-0.1, -0.05) is 47.5 Å². The largest absolute Gasteiger partial charge is 0.493 e. The van der Waals surface area contributed by atoms with E-state index >= 15 is 0 Å². The van der Waals surface area contributed by atoms with Crippen molar-refractivity contribution in [2.45, 2.75) is 44.1 Å². The van der Waals surface area contributed by atoms with E-state index < -0.39 is 23.8 Å². The zero-order chi connectivity index (χ0) is 35.1. The number of amidine groups is 1. The van der Waals surface area contributed by atoms with Gasteiger partial charge in [0.1, 0.15) is 17.6 Å². The Morgan fingerprint density at radius 1 is 0.959 bits per heavy atom. The first-order chi connectivity index (χ1) is 23.5.